The first kappa shape index (κ1) is 15.6. The maximum atomic E-state index is 12.9. The molecule has 1 nitrogen and oxygen atoms in total. The number of aryl methyl sites for hydroxylation is 1. The molecule has 0 unspecified atom stereocenters. The SMILES string of the molecule is Cc1cccc(CNCc2ccccc2C(F)(F)F)c1C. The monoisotopic (exact) mass is 293 g/mol. The average Bonchev–Trinajstić information content (AvgIpc) is 2.43. The first-order valence-electron chi connectivity index (χ1n) is 6.80. The molecule has 0 atom stereocenters. The summed E-state index contributed by atoms with van der Waals surface area (Å²) in [4.78, 5) is 0. The molecule has 0 aliphatic rings. The lowest BCUT2D eigenvalue weighted by molar-refractivity contribution is -0.138. The quantitative estimate of drug-likeness (QED) is 0.868. The molecule has 2 aromatic carbocycles. The number of hydrogen-bond acceptors (Lipinski definition) is 1. The van der Waals surface area contributed by atoms with Crippen LogP contribution in [0.2, 0.25) is 0 Å². The summed E-state index contributed by atoms with van der Waals surface area (Å²) in [7, 11) is 0. The lowest BCUT2D eigenvalue weighted by atomic mass is 10.0. The molecular formula is C17H18F3N. The topological polar surface area (TPSA) is 12.0 Å². The van der Waals surface area contributed by atoms with Crippen LogP contribution in [0.1, 0.15) is 27.8 Å². The molecule has 0 aromatic heterocycles. The van der Waals surface area contributed by atoms with E-state index in [0.717, 1.165) is 11.6 Å². The summed E-state index contributed by atoms with van der Waals surface area (Å²) in [5.41, 5.74) is 3.17. The van der Waals surface area contributed by atoms with Gasteiger partial charge in [0.2, 0.25) is 0 Å². The summed E-state index contributed by atoms with van der Waals surface area (Å²) in [6, 6.07) is 11.7. The number of alkyl halides is 3. The number of nitrogens with one attached hydrogen (secondary N) is 1. The van der Waals surface area contributed by atoms with Gasteiger partial charge in [-0.3, -0.25) is 0 Å². The Balaban J connectivity index is 2.06. The molecule has 0 radical (unpaired) electrons. The van der Waals surface area contributed by atoms with Crippen LogP contribution in [0.15, 0.2) is 42.5 Å². The Labute approximate surface area is 122 Å². The van der Waals surface area contributed by atoms with Crippen molar-refractivity contribution in [1.82, 2.24) is 5.32 Å². The van der Waals surface area contributed by atoms with Gasteiger partial charge in [-0.05, 0) is 42.2 Å². The molecule has 0 spiro atoms. The van der Waals surface area contributed by atoms with Crippen LogP contribution in [0.5, 0.6) is 0 Å². The first-order chi connectivity index (χ1) is 9.89. The molecule has 2 rings (SSSR count). The second-order valence-electron chi connectivity index (χ2n) is 5.12. The van der Waals surface area contributed by atoms with Crippen LogP contribution in [-0.2, 0) is 19.3 Å². The zero-order valence-electron chi connectivity index (χ0n) is 12.1. The predicted octanol–water partition coefficient (Wildman–Crippen LogP) is 4.61. The van der Waals surface area contributed by atoms with E-state index in [1.807, 2.05) is 32.0 Å². The molecule has 4 heteroatoms. The summed E-state index contributed by atoms with van der Waals surface area (Å²) in [6.45, 7) is 4.80. The van der Waals surface area contributed by atoms with Crippen LogP contribution in [-0.4, -0.2) is 0 Å². The smallest absolute Gasteiger partial charge is 0.309 e. The average molecular weight is 293 g/mol. The molecule has 0 heterocycles. The third-order valence-corrected chi connectivity index (χ3v) is 3.67. The van der Waals surface area contributed by atoms with E-state index in [4.69, 9.17) is 0 Å². The van der Waals surface area contributed by atoms with Gasteiger partial charge in [-0.1, -0.05) is 36.4 Å². The Hall–Kier alpha value is -1.81. The number of halogens is 3. The number of hydrogen-bond donors (Lipinski definition) is 1. The van der Waals surface area contributed by atoms with E-state index in [1.54, 1.807) is 6.07 Å². The van der Waals surface area contributed by atoms with Gasteiger partial charge in [0.1, 0.15) is 0 Å². The summed E-state index contributed by atoms with van der Waals surface area (Å²) >= 11 is 0. The van der Waals surface area contributed by atoms with E-state index in [1.165, 1.54) is 23.3 Å². The lowest BCUT2D eigenvalue weighted by Crippen LogP contribution is -2.17. The summed E-state index contributed by atoms with van der Waals surface area (Å²) in [5, 5.41) is 3.10. The maximum absolute atomic E-state index is 12.9. The number of benzene rings is 2. The molecule has 0 aliphatic heterocycles. The molecule has 1 N–H and O–H groups in total. The molecule has 0 aliphatic carbocycles. The highest BCUT2D eigenvalue weighted by molar-refractivity contribution is 5.33. The van der Waals surface area contributed by atoms with Crippen LogP contribution in [0.25, 0.3) is 0 Å². The lowest BCUT2D eigenvalue weighted by Gasteiger charge is -2.14. The zero-order valence-corrected chi connectivity index (χ0v) is 12.1. The van der Waals surface area contributed by atoms with Crippen molar-refractivity contribution in [3.8, 4) is 0 Å². The van der Waals surface area contributed by atoms with Crippen LogP contribution >= 0.6 is 0 Å². The normalized spacial score (nSPS) is 11.7. The minimum Gasteiger partial charge on any atom is -0.309 e. The van der Waals surface area contributed by atoms with Crippen LogP contribution in [0.4, 0.5) is 13.2 Å². The van der Waals surface area contributed by atoms with Crippen molar-refractivity contribution in [3.05, 3.63) is 70.3 Å². The standard InChI is InChI=1S/C17H18F3N/c1-12-6-5-8-14(13(12)2)10-21-11-15-7-3-4-9-16(15)17(18,19)20/h3-9,21H,10-11H2,1-2H3. The Kier molecular flexibility index (Phi) is 4.68. The minimum absolute atomic E-state index is 0.197. The van der Waals surface area contributed by atoms with Crippen LogP contribution in [0, 0.1) is 13.8 Å². The first-order valence-corrected chi connectivity index (χ1v) is 6.80. The van der Waals surface area contributed by atoms with Crippen LogP contribution in [0.3, 0.4) is 0 Å². The van der Waals surface area contributed by atoms with Gasteiger partial charge in [-0.2, -0.15) is 13.2 Å². The van der Waals surface area contributed by atoms with Crippen LogP contribution < -0.4 is 5.32 Å². The Morgan fingerprint density at radius 1 is 0.857 bits per heavy atom. The highest BCUT2D eigenvalue weighted by Gasteiger charge is 2.32. The summed E-state index contributed by atoms with van der Waals surface area (Å²) in [6.07, 6.45) is -4.31. The molecule has 2 aromatic rings. The van der Waals surface area contributed by atoms with Crippen molar-refractivity contribution in [3.63, 3.8) is 0 Å². The molecule has 112 valence electrons. The molecule has 0 saturated heterocycles. The highest BCUT2D eigenvalue weighted by Crippen LogP contribution is 2.31. The van der Waals surface area contributed by atoms with Gasteiger partial charge in [0.05, 0.1) is 5.56 Å². The third-order valence-electron chi connectivity index (χ3n) is 3.67. The maximum Gasteiger partial charge on any atom is 0.416 e. The second kappa shape index (κ2) is 6.31. The minimum atomic E-state index is -4.31. The fourth-order valence-corrected chi connectivity index (χ4v) is 2.29. The highest BCUT2D eigenvalue weighted by atomic mass is 19.4. The van der Waals surface area contributed by atoms with Gasteiger partial charge < -0.3 is 5.32 Å². The van der Waals surface area contributed by atoms with Crippen molar-refractivity contribution < 1.29 is 13.2 Å². The van der Waals surface area contributed by atoms with E-state index in [2.05, 4.69) is 5.32 Å². The van der Waals surface area contributed by atoms with Crippen molar-refractivity contribution in [2.75, 3.05) is 0 Å². The van der Waals surface area contributed by atoms with Crippen molar-refractivity contribution in [1.29, 1.82) is 0 Å². The van der Waals surface area contributed by atoms with E-state index in [9.17, 15) is 13.2 Å². The molecule has 21 heavy (non-hydrogen) atoms. The third kappa shape index (κ3) is 3.85. The van der Waals surface area contributed by atoms with Gasteiger partial charge in [-0.25, -0.2) is 0 Å². The second-order valence-corrected chi connectivity index (χ2v) is 5.12. The van der Waals surface area contributed by atoms with E-state index in [0.29, 0.717) is 6.54 Å². The van der Waals surface area contributed by atoms with Crippen molar-refractivity contribution in [2.45, 2.75) is 33.1 Å². The molecule has 0 saturated carbocycles. The fourth-order valence-electron chi connectivity index (χ4n) is 2.29. The van der Waals surface area contributed by atoms with E-state index >= 15 is 0 Å². The van der Waals surface area contributed by atoms with E-state index < -0.39 is 11.7 Å². The zero-order chi connectivity index (χ0) is 15.5. The summed E-state index contributed by atoms with van der Waals surface area (Å²) in [5.74, 6) is 0. The molecule has 0 amide bonds. The molecule has 0 bridgehead atoms. The van der Waals surface area contributed by atoms with Gasteiger partial charge in [0.15, 0.2) is 0 Å². The Morgan fingerprint density at radius 2 is 1.48 bits per heavy atom. The van der Waals surface area contributed by atoms with Crippen molar-refractivity contribution in [2.24, 2.45) is 0 Å². The largest absolute Gasteiger partial charge is 0.416 e. The molecular weight excluding hydrogens is 275 g/mol. The molecule has 0 fully saturated rings. The predicted molar refractivity (Wildman–Crippen MR) is 77.9 cm³/mol. The summed E-state index contributed by atoms with van der Waals surface area (Å²) < 4.78 is 38.7. The van der Waals surface area contributed by atoms with Gasteiger partial charge >= 0.3 is 6.18 Å². The fraction of sp³-hybridized carbons (Fsp3) is 0.294. The van der Waals surface area contributed by atoms with Gasteiger partial charge in [0, 0.05) is 13.1 Å². The Bertz CT molecular complexity index is 618. The number of rotatable bonds is 4. The van der Waals surface area contributed by atoms with Gasteiger partial charge in [0.25, 0.3) is 0 Å². The van der Waals surface area contributed by atoms with Crippen molar-refractivity contribution >= 4 is 0 Å². The Morgan fingerprint density at radius 3 is 2.19 bits per heavy atom. The van der Waals surface area contributed by atoms with E-state index in [-0.39, 0.29) is 12.1 Å². The van der Waals surface area contributed by atoms with Gasteiger partial charge in [-0.15, -0.1) is 0 Å².